The van der Waals surface area contributed by atoms with Gasteiger partial charge in [-0.1, -0.05) is 20.8 Å². The molecule has 0 radical (unpaired) electrons. The lowest BCUT2D eigenvalue weighted by atomic mass is 10.0. The monoisotopic (exact) mass is 906 g/mol. The van der Waals surface area contributed by atoms with Gasteiger partial charge in [0.1, 0.15) is 30.2 Å². The van der Waals surface area contributed by atoms with Crippen molar-refractivity contribution >= 4 is 57.0 Å². The first-order chi connectivity index (χ1) is 28.4. The van der Waals surface area contributed by atoms with Crippen molar-refractivity contribution in [2.45, 2.75) is 108 Å². The molecule has 0 aromatic carbocycles. The molecule has 4 aromatic rings. The summed E-state index contributed by atoms with van der Waals surface area (Å²) in [6.07, 6.45) is -2.56. The van der Waals surface area contributed by atoms with Crippen molar-refractivity contribution < 1.29 is 45.3 Å². The summed E-state index contributed by atoms with van der Waals surface area (Å²) in [6, 6.07) is 3.52. The number of H-pyrrole nitrogens is 1. The lowest BCUT2D eigenvalue weighted by Crippen LogP contribution is -2.50. The first kappa shape index (κ1) is 43.2. The normalized spacial score (nSPS) is 34.5. The third kappa shape index (κ3) is 7.71. The molecule has 1 spiro atoms. The van der Waals surface area contributed by atoms with Gasteiger partial charge in [-0.25, -0.2) is 33.9 Å². The van der Waals surface area contributed by atoms with Gasteiger partial charge in [0, 0.05) is 5.41 Å². The minimum Gasteiger partial charge on any atom is -0.409 e. The highest BCUT2D eigenvalue weighted by Crippen LogP contribution is 2.74. The molecule has 2 saturated carbocycles. The van der Waals surface area contributed by atoms with E-state index in [1.165, 1.54) is 17.2 Å². The zero-order valence-electron chi connectivity index (χ0n) is 33.7. The maximum Gasteiger partial charge on any atom is 0.475 e. The molecule has 1 N–H and O–H groups in total. The fraction of sp³-hybridized carbons (Fsp3) is 0.657. The Labute approximate surface area is 350 Å². The van der Waals surface area contributed by atoms with Gasteiger partial charge in [-0.3, -0.25) is 22.9 Å². The van der Waals surface area contributed by atoms with Crippen LogP contribution in [0.5, 0.6) is 0 Å². The van der Waals surface area contributed by atoms with Crippen molar-refractivity contribution in [1.82, 2.24) is 39.0 Å². The highest BCUT2D eigenvalue weighted by Gasteiger charge is 2.75. The number of phosphoric ester groups is 1. The summed E-state index contributed by atoms with van der Waals surface area (Å²) in [5.74, 6) is -0.269. The average Bonchev–Trinajstić information content (AvgIpc) is 3.46. The lowest BCUT2D eigenvalue weighted by Gasteiger charge is -2.43. The van der Waals surface area contributed by atoms with E-state index in [4.69, 9.17) is 48.1 Å². The number of hydrogen-bond acceptors (Lipinski definition) is 18. The van der Waals surface area contributed by atoms with E-state index in [0.717, 1.165) is 6.33 Å². The number of halogens is 1. The number of alkyl halides is 1. The number of aromatic amines is 1. The number of aryl methyl sites for hydroxylation is 1. The number of nitrogens with zero attached hydrogens (tertiary/aromatic N) is 9. The second kappa shape index (κ2) is 16.0. The molecule has 4 fully saturated rings. The van der Waals surface area contributed by atoms with Crippen LogP contribution in [0.1, 0.15) is 58.0 Å². The number of aromatic nitrogens is 8. The zero-order chi connectivity index (χ0) is 42.8. The number of fused-ring (bicyclic) bond motifs is 3. The van der Waals surface area contributed by atoms with Crippen molar-refractivity contribution in [2.24, 2.45) is 11.3 Å². The molecule has 25 heteroatoms. The molecule has 2 aliphatic heterocycles. The van der Waals surface area contributed by atoms with E-state index in [2.05, 4.69) is 63.8 Å². The van der Waals surface area contributed by atoms with Gasteiger partial charge in [-0.15, -0.1) is 0 Å². The van der Waals surface area contributed by atoms with Crippen LogP contribution in [0, 0.1) is 40.9 Å². The number of hydrogen-bond donors (Lipinski definition) is 1. The molecule has 3 unspecified atom stereocenters. The predicted molar refractivity (Wildman–Crippen MR) is 215 cm³/mol. The Balaban J connectivity index is 1.23. The molecular formula is C35H45FN10O10P2SSi. The average molecular weight is 907 g/mol. The third-order valence-corrected chi connectivity index (χ3v) is 20.4. The van der Waals surface area contributed by atoms with Gasteiger partial charge >= 0.3 is 14.5 Å². The summed E-state index contributed by atoms with van der Waals surface area (Å²) in [7, 11) is -7.36. The Hall–Kier alpha value is -3.41. The molecule has 6 heterocycles. The molecule has 8 rings (SSSR count). The van der Waals surface area contributed by atoms with Crippen LogP contribution in [0.3, 0.4) is 0 Å². The molecule has 4 aliphatic rings. The van der Waals surface area contributed by atoms with E-state index in [-0.39, 0.29) is 54.8 Å². The minimum absolute atomic E-state index is 0.0175. The second-order valence-electron chi connectivity index (χ2n) is 16.8. The van der Waals surface area contributed by atoms with Gasteiger partial charge in [0.2, 0.25) is 0 Å². The second-order valence-corrected chi connectivity index (χ2v) is 26.1. The van der Waals surface area contributed by atoms with Gasteiger partial charge in [-0.05, 0) is 49.2 Å². The SMILES string of the molecule is Cc1ncnc2c1ncn2[C@H]1C(O[Si](C)(C)C(C)(C)C)[C@@H]2OP(=S)(OCCC#N)OC[C@H]3O[C@@H](n4cnc5c(=O)[nH]cnc54)[C@H](F)[C@@H]3OP(=O)(OCCC#N)OC[C@]23C[C@H]13. The fourth-order valence-corrected chi connectivity index (χ4v) is 12.8. The largest absolute Gasteiger partial charge is 0.475 e. The lowest BCUT2D eigenvalue weighted by molar-refractivity contribution is -0.0622. The van der Waals surface area contributed by atoms with E-state index in [1.807, 2.05) is 23.6 Å². The van der Waals surface area contributed by atoms with E-state index in [0.29, 0.717) is 23.3 Å². The number of imidazole rings is 2. The van der Waals surface area contributed by atoms with E-state index < -0.39 is 83.3 Å². The van der Waals surface area contributed by atoms with Crippen molar-refractivity contribution in [3.05, 3.63) is 41.4 Å². The van der Waals surface area contributed by atoms with Gasteiger partial charge in [0.25, 0.3) is 5.56 Å². The van der Waals surface area contributed by atoms with Crippen LogP contribution in [0.2, 0.25) is 18.1 Å². The molecule has 0 bridgehead atoms. The summed E-state index contributed by atoms with van der Waals surface area (Å²) in [5, 5.41) is 18.5. The number of ether oxygens (including phenoxy) is 1. The van der Waals surface area contributed by atoms with Gasteiger partial charge in [0.05, 0.1) is 88.2 Å². The zero-order valence-corrected chi connectivity index (χ0v) is 37.3. The molecule has 4 aromatic heterocycles. The molecule has 2 saturated heterocycles. The number of rotatable bonds is 10. The number of nitrogens with one attached hydrogen (secondary N) is 1. The molecule has 20 nitrogen and oxygen atoms in total. The van der Waals surface area contributed by atoms with Crippen LogP contribution in [0.15, 0.2) is 30.1 Å². The Morgan fingerprint density at radius 2 is 1.73 bits per heavy atom. The Morgan fingerprint density at radius 3 is 2.47 bits per heavy atom. The van der Waals surface area contributed by atoms with Crippen molar-refractivity contribution in [3.8, 4) is 12.1 Å². The highest BCUT2D eigenvalue weighted by atomic mass is 32.5. The van der Waals surface area contributed by atoms with Crippen LogP contribution >= 0.6 is 14.5 Å². The maximum atomic E-state index is 16.9. The van der Waals surface area contributed by atoms with Crippen LogP contribution in [-0.2, 0) is 52.7 Å². The quantitative estimate of drug-likeness (QED) is 0.118. The van der Waals surface area contributed by atoms with E-state index in [9.17, 15) is 19.9 Å². The summed E-state index contributed by atoms with van der Waals surface area (Å²) >= 11 is 6.13. The van der Waals surface area contributed by atoms with Crippen molar-refractivity contribution in [3.63, 3.8) is 0 Å². The topological polar surface area (TPSA) is 246 Å². The third-order valence-electron chi connectivity index (χ3n) is 12.1. The molecule has 60 heavy (non-hydrogen) atoms. The Morgan fingerprint density at radius 1 is 1.03 bits per heavy atom. The van der Waals surface area contributed by atoms with Gasteiger partial charge in [0.15, 0.2) is 37.5 Å². The van der Waals surface area contributed by atoms with E-state index >= 15 is 4.39 Å². The predicted octanol–water partition coefficient (Wildman–Crippen LogP) is 5.47. The molecule has 322 valence electrons. The Bertz CT molecular complexity index is 2530. The molecule has 0 amide bonds. The first-order valence-electron chi connectivity index (χ1n) is 19.4. The van der Waals surface area contributed by atoms with Crippen molar-refractivity contribution in [1.29, 1.82) is 10.5 Å². The summed E-state index contributed by atoms with van der Waals surface area (Å²) in [4.78, 5) is 36.8. The summed E-state index contributed by atoms with van der Waals surface area (Å²) < 4.78 is 85.9. The Kier molecular flexibility index (Phi) is 11.6. The van der Waals surface area contributed by atoms with Crippen LogP contribution in [0.4, 0.5) is 4.39 Å². The van der Waals surface area contributed by atoms with Crippen molar-refractivity contribution in [2.75, 3.05) is 26.4 Å². The van der Waals surface area contributed by atoms with Crippen LogP contribution in [-0.4, -0.2) is 104 Å². The van der Waals surface area contributed by atoms with Crippen LogP contribution in [0.25, 0.3) is 22.3 Å². The molecule has 11 atom stereocenters. The standard InChI is InChI=1S/C35H45FN10O10P2SSi/c1-20-24-30(40-16-39-20)45(18-43-24)26-21-13-35(21)15-52-57(48,49-11-7-9-37)54-27-22(53-33(23(27)36)46-19-44-25-31(46)41-17-42-32(25)47)14-51-58(59,50-12-8-10-38)55-29(35)28(26)56-60(5,6)34(2,3)4/h16-19,21-23,26-29,33H,7-8,11-15H2,1-6H3,(H,41,42,47)/t21-,22-,23-,26-,27-,28?,29+,33-,35+,57?,58?/m1/s1. The molecule has 2 aliphatic carbocycles. The fourth-order valence-electron chi connectivity index (χ4n) is 7.96. The number of nitriles is 2. The van der Waals surface area contributed by atoms with E-state index in [1.54, 1.807) is 6.33 Å². The first-order valence-corrected chi connectivity index (χ1v) is 26.3. The number of phosphoric acid groups is 1. The smallest absolute Gasteiger partial charge is 0.409 e. The van der Waals surface area contributed by atoms with Gasteiger partial charge < -0.3 is 32.3 Å². The van der Waals surface area contributed by atoms with Crippen LogP contribution < -0.4 is 5.56 Å². The summed E-state index contributed by atoms with van der Waals surface area (Å²) in [6.45, 7) is 7.22. The maximum absolute atomic E-state index is 16.9. The molecular weight excluding hydrogens is 862 g/mol. The minimum atomic E-state index is -4.73. The highest BCUT2D eigenvalue weighted by molar-refractivity contribution is 8.07. The summed E-state index contributed by atoms with van der Waals surface area (Å²) in [5.41, 5.74) is 0.287. The van der Waals surface area contributed by atoms with Gasteiger partial charge in [-0.2, -0.15) is 10.5 Å².